The van der Waals surface area contributed by atoms with Gasteiger partial charge in [0.25, 0.3) is 0 Å². The number of aromatic nitrogens is 3. The molecule has 9 aromatic rings. The summed E-state index contributed by atoms with van der Waals surface area (Å²) in [6.07, 6.45) is 0. The molecule has 0 atom stereocenters. The van der Waals surface area contributed by atoms with Crippen LogP contribution in [0.4, 0.5) is 0 Å². The van der Waals surface area contributed by atoms with E-state index in [1.165, 1.54) is 16.2 Å². The third-order valence-corrected chi connectivity index (χ3v) is 8.49. The van der Waals surface area contributed by atoms with Gasteiger partial charge in [-0.1, -0.05) is 121 Å². The highest BCUT2D eigenvalue weighted by atomic mass is 16.3. The lowest BCUT2D eigenvalue weighted by Crippen LogP contribution is -2.00. The van der Waals surface area contributed by atoms with E-state index >= 15 is 0 Å². The van der Waals surface area contributed by atoms with Crippen LogP contribution >= 0.6 is 0 Å². The quantitative estimate of drug-likeness (QED) is 0.209. The number of hydrogen-bond acceptors (Lipinski definition) is 4. The Morgan fingerprint density at radius 2 is 0.933 bits per heavy atom. The number of hydrogen-bond donors (Lipinski definition) is 0. The third kappa shape index (κ3) is 4.43. The Morgan fingerprint density at radius 3 is 1.80 bits per heavy atom. The molecule has 210 valence electrons. The van der Waals surface area contributed by atoms with Crippen LogP contribution in [0.25, 0.3) is 88.8 Å². The highest BCUT2D eigenvalue weighted by molar-refractivity contribution is 6.19. The summed E-state index contributed by atoms with van der Waals surface area (Å²) in [4.78, 5) is 14.9. The van der Waals surface area contributed by atoms with Gasteiger partial charge in [-0.3, -0.25) is 0 Å². The molecule has 0 bridgehead atoms. The van der Waals surface area contributed by atoms with Gasteiger partial charge in [0.05, 0.1) is 0 Å². The van der Waals surface area contributed by atoms with Crippen LogP contribution in [0.1, 0.15) is 0 Å². The molecule has 0 amide bonds. The first-order valence-corrected chi connectivity index (χ1v) is 15.0. The van der Waals surface area contributed by atoms with Crippen LogP contribution in [-0.2, 0) is 0 Å². The van der Waals surface area contributed by atoms with E-state index in [1.807, 2.05) is 42.5 Å². The molecule has 0 spiro atoms. The fraction of sp³-hybridized carbons (Fsp3) is 0. The molecule has 4 heteroatoms. The van der Waals surface area contributed by atoms with E-state index in [0.717, 1.165) is 55.1 Å². The summed E-state index contributed by atoms with van der Waals surface area (Å²) in [6, 6.07) is 52.3. The van der Waals surface area contributed by atoms with Crippen molar-refractivity contribution < 1.29 is 4.42 Å². The van der Waals surface area contributed by atoms with Gasteiger partial charge >= 0.3 is 0 Å². The number of rotatable bonds is 4. The van der Waals surface area contributed by atoms with Gasteiger partial charge in [0.2, 0.25) is 0 Å². The van der Waals surface area contributed by atoms with Crippen molar-refractivity contribution in [1.29, 1.82) is 0 Å². The van der Waals surface area contributed by atoms with Gasteiger partial charge in [-0.2, -0.15) is 0 Å². The van der Waals surface area contributed by atoms with Crippen molar-refractivity contribution in [3.8, 4) is 45.3 Å². The Kier molecular flexibility index (Phi) is 5.78. The Labute approximate surface area is 259 Å². The summed E-state index contributed by atoms with van der Waals surface area (Å²) in [7, 11) is 0. The first kappa shape index (κ1) is 25.4. The minimum Gasteiger partial charge on any atom is -0.456 e. The third-order valence-electron chi connectivity index (χ3n) is 8.49. The van der Waals surface area contributed by atoms with Crippen LogP contribution in [0, 0.1) is 0 Å². The second-order valence-corrected chi connectivity index (χ2v) is 11.3. The molecule has 0 aliphatic carbocycles. The predicted octanol–water partition coefficient (Wildman–Crippen LogP) is 10.7. The molecule has 0 fully saturated rings. The predicted molar refractivity (Wildman–Crippen MR) is 184 cm³/mol. The standard InChI is InChI=1S/C41H25N3O/c1-2-10-28(11-3-1)39-42-40(44-41(43-39)33-20-17-26-9-4-5-12-29(26)23-33)32-14-8-13-30(24-32)31-19-18-27-21-22-37-38(35(27)25-31)34-15-6-7-16-36(34)45-37/h1-25H. The molecule has 4 nitrogen and oxygen atoms in total. The van der Waals surface area contributed by atoms with E-state index in [4.69, 9.17) is 19.4 Å². The molecule has 0 aliphatic rings. The first-order valence-electron chi connectivity index (χ1n) is 15.0. The van der Waals surface area contributed by atoms with E-state index in [0.29, 0.717) is 17.5 Å². The number of nitrogens with zero attached hydrogens (tertiary/aromatic N) is 3. The Bertz CT molecular complexity index is 2550. The van der Waals surface area contributed by atoms with Crippen molar-refractivity contribution in [2.75, 3.05) is 0 Å². The maximum Gasteiger partial charge on any atom is 0.164 e. The zero-order valence-corrected chi connectivity index (χ0v) is 24.2. The molecule has 45 heavy (non-hydrogen) atoms. The van der Waals surface area contributed by atoms with Gasteiger partial charge in [-0.25, -0.2) is 15.0 Å². The number of furan rings is 1. The van der Waals surface area contributed by atoms with Gasteiger partial charge in [-0.05, 0) is 63.0 Å². The molecule has 0 N–H and O–H groups in total. The van der Waals surface area contributed by atoms with E-state index in [9.17, 15) is 0 Å². The van der Waals surface area contributed by atoms with Crippen LogP contribution in [0.3, 0.4) is 0 Å². The van der Waals surface area contributed by atoms with Crippen LogP contribution in [0.2, 0.25) is 0 Å². The molecule has 0 unspecified atom stereocenters. The number of para-hydroxylation sites is 1. The smallest absolute Gasteiger partial charge is 0.164 e. The van der Waals surface area contributed by atoms with Crippen molar-refractivity contribution in [3.05, 3.63) is 152 Å². The van der Waals surface area contributed by atoms with Gasteiger partial charge in [0, 0.05) is 27.5 Å². The lowest BCUT2D eigenvalue weighted by atomic mass is 9.97. The topological polar surface area (TPSA) is 51.8 Å². The highest BCUT2D eigenvalue weighted by Crippen LogP contribution is 2.37. The lowest BCUT2D eigenvalue weighted by Gasteiger charge is -2.11. The van der Waals surface area contributed by atoms with Crippen molar-refractivity contribution in [2.24, 2.45) is 0 Å². The average Bonchev–Trinajstić information content (AvgIpc) is 3.51. The van der Waals surface area contributed by atoms with Crippen LogP contribution in [0.15, 0.2) is 156 Å². The lowest BCUT2D eigenvalue weighted by molar-refractivity contribution is 0.669. The van der Waals surface area contributed by atoms with Gasteiger partial charge in [0.15, 0.2) is 17.5 Å². The van der Waals surface area contributed by atoms with Crippen molar-refractivity contribution in [3.63, 3.8) is 0 Å². The summed E-state index contributed by atoms with van der Waals surface area (Å²) in [5, 5.41) is 6.96. The number of fused-ring (bicyclic) bond motifs is 6. The second-order valence-electron chi connectivity index (χ2n) is 11.3. The molecule has 2 heterocycles. The molecule has 0 radical (unpaired) electrons. The van der Waals surface area contributed by atoms with Crippen LogP contribution in [0.5, 0.6) is 0 Å². The molecular formula is C41H25N3O. The Hall–Kier alpha value is -6.13. The molecule has 0 saturated carbocycles. The fourth-order valence-corrected chi connectivity index (χ4v) is 6.24. The highest BCUT2D eigenvalue weighted by Gasteiger charge is 2.15. The van der Waals surface area contributed by atoms with E-state index in [2.05, 4.69) is 109 Å². The SMILES string of the molecule is c1ccc(-c2nc(-c3cccc(-c4ccc5ccc6oc7ccccc7c6c5c4)c3)nc(-c3ccc4ccccc4c3)n2)cc1. The molecule has 0 aliphatic heterocycles. The van der Waals surface area contributed by atoms with Crippen molar-refractivity contribution in [2.45, 2.75) is 0 Å². The summed E-state index contributed by atoms with van der Waals surface area (Å²) in [6.45, 7) is 0. The molecule has 7 aromatic carbocycles. The van der Waals surface area contributed by atoms with Crippen LogP contribution in [-0.4, -0.2) is 15.0 Å². The molecule has 2 aromatic heterocycles. The first-order chi connectivity index (χ1) is 22.3. The minimum absolute atomic E-state index is 0.637. The summed E-state index contributed by atoms with van der Waals surface area (Å²) in [5.41, 5.74) is 6.85. The zero-order chi connectivity index (χ0) is 29.7. The van der Waals surface area contributed by atoms with Crippen molar-refractivity contribution in [1.82, 2.24) is 15.0 Å². The maximum atomic E-state index is 6.18. The Balaban J connectivity index is 1.20. The molecular weight excluding hydrogens is 550 g/mol. The van der Waals surface area contributed by atoms with Gasteiger partial charge in [-0.15, -0.1) is 0 Å². The van der Waals surface area contributed by atoms with Crippen LogP contribution < -0.4 is 0 Å². The number of benzene rings is 7. The van der Waals surface area contributed by atoms with Gasteiger partial charge in [0.1, 0.15) is 11.2 Å². The Morgan fingerprint density at radius 1 is 0.333 bits per heavy atom. The fourth-order valence-electron chi connectivity index (χ4n) is 6.24. The minimum atomic E-state index is 0.637. The zero-order valence-electron chi connectivity index (χ0n) is 24.2. The molecule has 0 saturated heterocycles. The van der Waals surface area contributed by atoms with E-state index in [-0.39, 0.29) is 0 Å². The summed E-state index contributed by atoms with van der Waals surface area (Å²) >= 11 is 0. The van der Waals surface area contributed by atoms with E-state index < -0.39 is 0 Å². The largest absolute Gasteiger partial charge is 0.456 e. The monoisotopic (exact) mass is 575 g/mol. The normalized spacial score (nSPS) is 11.6. The summed E-state index contributed by atoms with van der Waals surface area (Å²) in [5.74, 6) is 1.93. The maximum absolute atomic E-state index is 6.18. The van der Waals surface area contributed by atoms with E-state index in [1.54, 1.807) is 0 Å². The average molecular weight is 576 g/mol. The molecule has 9 rings (SSSR count). The summed E-state index contributed by atoms with van der Waals surface area (Å²) < 4.78 is 6.18. The second kappa shape index (κ2) is 10.2. The van der Waals surface area contributed by atoms with Gasteiger partial charge < -0.3 is 4.42 Å². The van der Waals surface area contributed by atoms with Crippen molar-refractivity contribution >= 4 is 43.5 Å².